The molecule has 0 fully saturated rings. The van der Waals surface area contributed by atoms with Crippen molar-refractivity contribution in [2.24, 2.45) is 0 Å². The first-order valence-corrected chi connectivity index (χ1v) is 4.96. The number of benzene rings is 1. The Balaban J connectivity index is 2.11. The van der Waals surface area contributed by atoms with Gasteiger partial charge in [0.15, 0.2) is 0 Å². The Labute approximate surface area is 93.3 Å². The van der Waals surface area contributed by atoms with Crippen LogP contribution in [0.15, 0.2) is 36.4 Å². The van der Waals surface area contributed by atoms with Crippen LogP contribution in [-0.4, -0.2) is 14.9 Å². The first-order chi connectivity index (χ1) is 7.68. The Bertz CT molecular complexity index is 477. The fraction of sp³-hybridized carbons (Fsp3) is 0.167. The zero-order chi connectivity index (χ0) is 11.5. The maximum atomic E-state index is 9.57. The van der Waals surface area contributed by atoms with E-state index in [4.69, 9.17) is 4.84 Å². The number of rotatable bonds is 3. The van der Waals surface area contributed by atoms with E-state index in [-0.39, 0.29) is 18.4 Å². The Kier molecular flexibility index (Phi) is 2.72. The lowest BCUT2D eigenvalue weighted by molar-refractivity contribution is 0.0640. The molecule has 2 N–H and O–H groups in total. The first-order valence-electron chi connectivity index (χ1n) is 4.96. The molecule has 4 nitrogen and oxygen atoms in total. The highest BCUT2D eigenvalue weighted by atomic mass is 16.7. The smallest absolute Gasteiger partial charge is 0.232 e. The third kappa shape index (κ3) is 1.95. The number of aryl methyl sites for hydroxylation is 1. The van der Waals surface area contributed by atoms with Gasteiger partial charge in [0.25, 0.3) is 0 Å². The molecule has 0 aliphatic carbocycles. The Hall–Kier alpha value is -2.10. The van der Waals surface area contributed by atoms with Crippen LogP contribution in [0, 0.1) is 6.92 Å². The average Bonchev–Trinajstić information content (AvgIpc) is 2.53. The summed E-state index contributed by atoms with van der Waals surface area (Å²) in [5, 5.41) is 19.0. The van der Waals surface area contributed by atoms with Crippen LogP contribution < -0.4 is 4.84 Å². The number of aromatic nitrogens is 1. The van der Waals surface area contributed by atoms with Crippen LogP contribution in [0.3, 0.4) is 0 Å². The van der Waals surface area contributed by atoms with Crippen molar-refractivity contribution in [2.75, 3.05) is 0 Å². The monoisotopic (exact) mass is 219 g/mol. The maximum absolute atomic E-state index is 9.57. The third-order valence-corrected chi connectivity index (χ3v) is 2.30. The van der Waals surface area contributed by atoms with E-state index in [1.54, 1.807) is 6.92 Å². The normalized spacial score (nSPS) is 10.3. The van der Waals surface area contributed by atoms with Crippen molar-refractivity contribution in [3.8, 4) is 11.8 Å². The molecule has 2 rings (SSSR count). The van der Waals surface area contributed by atoms with E-state index in [2.05, 4.69) is 0 Å². The molecule has 0 radical (unpaired) electrons. The number of hydrogen-bond acceptors (Lipinski definition) is 3. The Morgan fingerprint density at radius 3 is 2.44 bits per heavy atom. The van der Waals surface area contributed by atoms with Gasteiger partial charge in [-0.05, 0) is 12.5 Å². The van der Waals surface area contributed by atoms with Gasteiger partial charge in [-0.3, -0.25) is 0 Å². The van der Waals surface area contributed by atoms with Crippen LogP contribution >= 0.6 is 0 Å². The van der Waals surface area contributed by atoms with Gasteiger partial charge in [-0.2, -0.15) is 0 Å². The second-order valence-corrected chi connectivity index (χ2v) is 3.56. The Morgan fingerprint density at radius 2 is 1.88 bits per heavy atom. The van der Waals surface area contributed by atoms with E-state index in [1.165, 1.54) is 6.07 Å². The van der Waals surface area contributed by atoms with Crippen LogP contribution in [-0.2, 0) is 6.61 Å². The fourth-order valence-corrected chi connectivity index (χ4v) is 1.43. The summed E-state index contributed by atoms with van der Waals surface area (Å²) in [5.74, 6) is -0.181. The summed E-state index contributed by atoms with van der Waals surface area (Å²) < 4.78 is 1.02. The molecule has 1 heterocycles. The average molecular weight is 219 g/mol. The lowest BCUT2D eigenvalue weighted by Gasteiger charge is -2.08. The summed E-state index contributed by atoms with van der Waals surface area (Å²) in [4.78, 5) is 5.29. The number of nitrogens with zero attached hydrogens (tertiary/aromatic N) is 1. The highest BCUT2D eigenvalue weighted by Gasteiger charge is 2.11. The quantitative estimate of drug-likeness (QED) is 0.828. The molecule has 2 aromatic rings. The SMILES string of the molecule is Cc1cc(O)n(OCc2ccccc2)c1O. The van der Waals surface area contributed by atoms with Crippen LogP contribution in [0.1, 0.15) is 11.1 Å². The van der Waals surface area contributed by atoms with E-state index < -0.39 is 0 Å². The van der Waals surface area contributed by atoms with Crippen molar-refractivity contribution >= 4 is 0 Å². The van der Waals surface area contributed by atoms with Crippen LogP contribution in [0.5, 0.6) is 11.8 Å². The summed E-state index contributed by atoms with van der Waals surface area (Å²) in [6.45, 7) is 1.98. The molecule has 0 atom stereocenters. The van der Waals surface area contributed by atoms with Gasteiger partial charge >= 0.3 is 0 Å². The van der Waals surface area contributed by atoms with E-state index >= 15 is 0 Å². The molecule has 1 aromatic carbocycles. The minimum atomic E-state index is -0.106. The van der Waals surface area contributed by atoms with Gasteiger partial charge in [0.05, 0.1) is 0 Å². The van der Waals surface area contributed by atoms with E-state index in [9.17, 15) is 10.2 Å². The summed E-state index contributed by atoms with van der Waals surface area (Å²) in [6.07, 6.45) is 0. The van der Waals surface area contributed by atoms with Gasteiger partial charge in [-0.1, -0.05) is 30.3 Å². The molecule has 0 unspecified atom stereocenters. The summed E-state index contributed by atoms with van der Waals surface area (Å²) in [6, 6.07) is 11.0. The topological polar surface area (TPSA) is 54.6 Å². The van der Waals surface area contributed by atoms with Gasteiger partial charge in [0, 0.05) is 11.6 Å². The molecule has 0 bridgehead atoms. The molecular formula is C12H13NO3. The molecule has 0 amide bonds. The molecule has 16 heavy (non-hydrogen) atoms. The van der Waals surface area contributed by atoms with E-state index in [1.807, 2.05) is 30.3 Å². The van der Waals surface area contributed by atoms with Gasteiger partial charge in [0.1, 0.15) is 6.61 Å². The lowest BCUT2D eigenvalue weighted by atomic mass is 10.2. The molecule has 0 aliphatic heterocycles. The van der Waals surface area contributed by atoms with Crippen LogP contribution in [0.2, 0.25) is 0 Å². The largest absolute Gasteiger partial charge is 0.492 e. The minimum absolute atomic E-state index is 0.0755. The van der Waals surface area contributed by atoms with Gasteiger partial charge in [-0.25, -0.2) is 0 Å². The van der Waals surface area contributed by atoms with Crippen molar-refractivity contribution in [1.29, 1.82) is 0 Å². The second kappa shape index (κ2) is 4.18. The molecule has 0 spiro atoms. The predicted octanol–water partition coefficient (Wildman–Crippen LogP) is 1.84. The molecular weight excluding hydrogens is 206 g/mol. The van der Waals surface area contributed by atoms with Crippen molar-refractivity contribution < 1.29 is 15.1 Å². The zero-order valence-corrected chi connectivity index (χ0v) is 8.92. The lowest BCUT2D eigenvalue weighted by Crippen LogP contribution is -2.09. The molecule has 0 aliphatic rings. The molecule has 1 aromatic heterocycles. The highest BCUT2D eigenvalue weighted by Crippen LogP contribution is 2.25. The van der Waals surface area contributed by atoms with Crippen molar-refractivity contribution in [3.63, 3.8) is 0 Å². The summed E-state index contributed by atoms with van der Waals surface area (Å²) in [5.41, 5.74) is 1.54. The minimum Gasteiger partial charge on any atom is -0.492 e. The van der Waals surface area contributed by atoms with Crippen LogP contribution in [0.4, 0.5) is 0 Å². The van der Waals surface area contributed by atoms with Gasteiger partial charge < -0.3 is 15.1 Å². The van der Waals surface area contributed by atoms with Crippen LogP contribution in [0.25, 0.3) is 0 Å². The molecule has 84 valence electrons. The van der Waals surface area contributed by atoms with E-state index in [0.717, 1.165) is 10.3 Å². The van der Waals surface area contributed by atoms with Crippen molar-refractivity contribution in [3.05, 3.63) is 47.5 Å². The van der Waals surface area contributed by atoms with Crippen molar-refractivity contribution in [1.82, 2.24) is 4.73 Å². The van der Waals surface area contributed by atoms with Gasteiger partial charge in [0.2, 0.25) is 11.8 Å². The summed E-state index contributed by atoms with van der Waals surface area (Å²) in [7, 11) is 0. The highest BCUT2D eigenvalue weighted by molar-refractivity contribution is 5.32. The number of hydrogen-bond donors (Lipinski definition) is 2. The summed E-state index contributed by atoms with van der Waals surface area (Å²) >= 11 is 0. The second-order valence-electron chi connectivity index (χ2n) is 3.56. The Morgan fingerprint density at radius 1 is 1.19 bits per heavy atom. The van der Waals surface area contributed by atoms with Gasteiger partial charge in [-0.15, -0.1) is 4.73 Å². The number of aromatic hydroxyl groups is 2. The predicted molar refractivity (Wildman–Crippen MR) is 59.2 cm³/mol. The molecule has 0 saturated heterocycles. The maximum Gasteiger partial charge on any atom is 0.232 e. The molecule has 0 saturated carbocycles. The van der Waals surface area contributed by atoms with E-state index in [0.29, 0.717) is 5.56 Å². The zero-order valence-electron chi connectivity index (χ0n) is 8.92. The third-order valence-electron chi connectivity index (χ3n) is 2.30. The standard InChI is InChI=1S/C12H13NO3/c1-9-7-11(14)13(12(9)15)16-8-10-5-3-2-4-6-10/h2-7,14-15H,8H2,1H3. The first kappa shape index (κ1) is 10.4. The van der Waals surface area contributed by atoms with Crippen molar-refractivity contribution in [2.45, 2.75) is 13.5 Å². The fourth-order valence-electron chi connectivity index (χ4n) is 1.43. The molecule has 4 heteroatoms.